The molecule has 0 atom stereocenters. The van der Waals surface area contributed by atoms with Gasteiger partial charge in [-0.2, -0.15) is 0 Å². The Morgan fingerprint density at radius 1 is 0.789 bits per heavy atom. The summed E-state index contributed by atoms with van der Waals surface area (Å²) in [6.45, 7) is 4.04. The topological polar surface area (TPSA) is 60.7 Å². The molecular weight excluding hydrogens is 278 g/mol. The quantitative estimate of drug-likeness (QED) is 0.748. The van der Waals surface area contributed by atoms with Crippen LogP contribution in [0, 0.1) is 0 Å². The minimum absolute atomic E-state index is 0.165. The van der Waals surface area contributed by atoms with E-state index in [0.29, 0.717) is 0 Å². The van der Waals surface area contributed by atoms with Crippen LogP contribution in [0.1, 0.15) is 0 Å². The Morgan fingerprint density at radius 2 is 1.32 bits per heavy atom. The van der Waals surface area contributed by atoms with E-state index in [1.807, 2.05) is 25.5 Å². The molecule has 0 aliphatic carbocycles. The molecule has 0 saturated carbocycles. The van der Waals surface area contributed by atoms with E-state index < -0.39 is 15.2 Å². The molecule has 5 heteroatoms. The molecule has 0 aliphatic heterocycles. The van der Waals surface area contributed by atoms with Gasteiger partial charge in [-0.3, -0.25) is 0 Å². The third-order valence-corrected chi connectivity index (χ3v) is 7.10. The summed E-state index contributed by atoms with van der Waals surface area (Å²) >= 11 is 0. The van der Waals surface area contributed by atoms with Gasteiger partial charge in [-0.25, -0.2) is 0 Å². The summed E-state index contributed by atoms with van der Waals surface area (Å²) in [6, 6.07) is 15.2. The monoisotopic (exact) mass is 296 g/mol. The maximum absolute atomic E-state index is 10.6. The number of hydrogen-bond donors (Lipinski definition) is 3. The van der Waals surface area contributed by atoms with Crippen LogP contribution in [0.2, 0.25) is 0 Å². The molecule has 0 fully saturated rings. The number of rotatable bonds is 3. The molecule has 2 rings (SSSR count). The summed E-state index contributed by atoms with van der Waals surface area (Å²) < 4.78 is 0. The van der Waals surface area contributed by atoms with Crippen LogP contribution in [0.15, 0.2) is 54.6 Å². The van der Waals surface area contributed by atoms with Crippen LogP contribution < -0.4 is 15.9 Å². The summed E-state index contributed by atoms with van der Waals surface area (Å²) in [5.41, 5.74) is 0. The Bertz CT molecular complexity index is 574. The summed E-state index contributed by atoms with van der Waals surface area (Å²) in [5, 5.41) is 1.22. The first-order chi connectivity index (χ1) is 8.81. The average Bonchev–Trinajstić information content (AvgIpc) is 2.39. The fraction of sp³-hybridized carbons (Fsp3) is 0.143. The van der Waals surface area contributed by atoms with Crippen molar-refractivity contribution in [1.29, 1.82) is 0 Å². The van der Waals surface area contributed by atoms with E-state index in [1.165, 1.54) is 0 Å². The van der Waals surface area contributed by atoms with Crippen LogP contribution in [0.4, 0.5) is 0 Å². The van der Waals surface area contributed by atoms with Crippen molar-refractivity contribution in [3.05, 3.63) is 54.6 Å². The van der Waals surface area contributed by atoms with E-state index >= 15 is 0 Å². The zero-order valence-electron chi connectivity index (χ0n) is 10.9. The Morgan fingerprint density at radius 3 is 1.89 bits per heavy atom. The van der Waals surface area contributed by atoms with Crippen molar-refractivity contribution in [1.82, 2.24) is 0 Å². The molecule has 3 N–H and O–H groups in total. The molecule has 3 nitrogen and oxygen atoms in total. The van der Waals surface area contributed by atoms with E-state index in [4.69, 9.17) is 0 Å². The first-order valence-electron chi connectivity index (χ1n) is 5.90. The van der Waals surface area contributed by atoms with Crippen LogP contribution in [-0.2, 0) is 0 Å². The SMILES string of the molecule is CP(C)c1ccccc1P(O)(O)(O)c1ccccc1. The fourth-order valence-corrected chi connectivity index (χ4v) is 5.96. The molecule has 2 aromatic rings. The van der Waals surface area contributed by atoms with Gasteiger partial charge in [0.1, 0.15) is 0 Å². The standard InChI is InChI=1S/C14H18O3P2/c1-18(2)13-10-6-7-11-14(13)19(15,16,17)12-8-4-3-5-9-12/h3-11,15-17H,1-2H3. The molecule has 0 bridgehead atoms. The number of benzene rings is 2. The Balaban J connectivity index is 2.69. The van der Waals surface area contributed by atoms with E-state index in [0.717, 1.165) is 5.30 Å². The van der Waals surface area contributed by atoms with Gasteiger partial charge in [0.25, 0.3) is 0 Å². The normalized spacial score (nSPS) is 14.1. The third-order valence-electron chi connectivity index (χ3n) is 3.04. The first-order valence-corrected chi connectivity index (χ1v) is 10.2. The molecule has 0 aromatic heterocycles. The minimum atomic E-state index is -5.03. The van der Waals surface area contributed by atoms with E-state index in [1.54, 1.807) is 42.5 Å². The van der Waals surface area contributed by atoms with Crippen LogP contribution in [-0.4, -0.2) is 28.0 Å². The molecule has 19 heavy (non-hydrogen) atoms. The van der Waals surface area contributed by atoms with Gasteiger partial charge in [0.05, 0.1) is 0 Å². The van der Waals surface area contributed by atoms with Crippen LogP contribution in [0.25, 0.3) is 0 Å². The van der Waals surface area contributed by atoms with Gasteiger partial charge in [-0.05, 0) is 0 Å². The molecule has 0 unspecified atom stereocenters. The summed E-state index contributed by atoms with van der Waals surface area (Å²) in [4.78, 5) is 31.8. The zero-order chi connectivity index (χ0) is 14.1. The van der Waals surface area contributed by atoms with Crippen molar-refractivity contribution >= 4 is 31.1 Å². The van der Waals surface area contributed by atoms with E-state index in [9.17, 15) is 14.7 Å². The van der Waals surface area contributed by atoms with Gasteiger partial charge >= 0.3 is 114 Å². The molecular formula is C14H18O3P2. The Labute approximate surface area is 114 Å². The molecule has 0 heterocycles. The fourth-order valence-electron chi connectivity index (χ4n) is 2.03. The van der Waals surface area contributed by atoms with Crippen LogP contribution in [0.3, 0.4) is 0 Å². The number of hydrogen-bond acceptors (Lipinski definition) is 3. The van der Waals surface area contributed by atoms with Crippen molar-refractivity contribution in [2.45, 2.75) is 0 Å². The molecule has 0 amide bonds. The van der Waals surface area contributed by atoms with Gasteiger partial charge in [-0.1, -0.05) is 0 Å². The second kappa shape index (κ2) is 4.94. The first kappa shape index (κ1) is 14.6. The van der Waals surface area contributed by atoms with Crippen molar-refractivity contribution < 1.29 is 14.7 Å². The van der Waals surface area contributed by atoms with Gasteiger partial charge in [0.2, 0.25) is 0 Å². The summed E-state index contributed by atoms with van der Waals surface area (Å²) in [6.07, 6.45) is 0. The summed E-state index contributed by atoms with van der Waals surface area (Å²) in [7, 11) is -5.58. The molecule has 0 spiro atoms. The average molecular weight is 296 g/mol. The molecule has 102 valence electrons. The summed E-state index contributed by atoms with van der Waals surface area (Å²) in [5.74, 6) is 0. The second-order valence-electron chi connectivity index (χ2n) is 4.70. The van der Waals surface area contributed by atoms with Crippen molar-refractivity contribution in [2.75, 3.05) is 13.3 Å². The van der Waals surface area contributed by atoms with Crippen molar-refractivity contribution in [3.63, 3.8) is 0 Å². The molecule has 0 radical (unpaired) electrons. The molecule has 2 aromatic carbocycles. The van der Waals surface area contributed by atoms with Crippen LogP contribution >= 0.6 is 15.2 Å². The van der Waals surface area contributed by atoms with Crippen LogP contribution in [0.5, 0.6) is 0 Å². The third kappa shape index (κ3) is 2.72. The van der Waals surface area contributed by atoms with E-state index in [-0.39, 0.29) is 10.6 Å². The predicted molar refractivity (Wildman–Crippen MR) is 84.1 cm³/mol. The zero-order valence-corrected chi connectivity index (χ0v) is 12.7. The van der Waals surface area contributed by atoms with Gasteiger partial charge in [0, 0.05) is 0 Å². The molecule has 0 saturated heterocycles. The maximum atomic E-state index is 10.6. The van der Waals surface area contributed by atoms with Gasteiger partial charge in [-0.15, -0.1) is 0 Å². The van der Waals surface area contributed by atoms with Gasteiger partial charge < -0.3 is 0 Å². The van der Waals surface area contributed by atoms with Gasteiger partial charge in [0.15, 0.2) is 0 Å². The van der Waals surface area contributed by atoms with Crippen molar-refractivity contribution in [2.24, 2.45) is 0 Å². The van der Waals surface area contributed by atoms with Crippen molar-refractivity contribution in [3.8, 4) is 0 Å². The Hall–Kier alpha value is -0.820. The molecule has 0 aliphatic rings. The second-order valence-corrected chi connectivity index (χ2v) is 9.93. The van der Waals surface area contributed by atoms with E-state index in [2.05, 4.69) is 0 Å². The Kier molecular flexibility index (Phi) is 3.79. The predicted octanol–water partition coefficient (Wildman–Crippen LogP) is 1.28.